The van der Waals surface area contributed by atoms with Crippen LogP contribution in [0.3, 0.4) is 0 Å². The van der Waals surface area contributed by atoms with Crippen molar-refractivity contribution < 1.29 is 31.1 Å². The summed E-state index contributed by atoms with van der Waals surface area (Å²) in [5, 5.41) is 0. The number of hydrogen-bond acceptors (Lipinski definition) is 1. The van der Waals surface area contributed by atoms with Crippen LogP contribution in [0.4, 0.5) is 26.3 Å². The lowest BCUT2D eigenvalue weighted by molar-refractivity contribution is -0.143. The highest BCUT2D eigenvalue weighted by Crippen LogP contribution is 2.36. The van der Waals surface area contributed by atoms with Crippen molar-refractivity contribution in [3.05, 3.63) is 84.3 Å². The highest BCUT2D eigenvalue weighted by Gasteiger charge is 2.36. The first kappa shape index (κ1) is 20.3. The summed E-state index contributed by atoms with van der Waals surface area (Å²) in [5.41, 5.74) is -2.04. The van der Waals surface area contributed by atoms with Crippen LogP contribution in [0.15, 0.2) is 48.5 Å². The van der Waals surface area contributed by atoms with Gasteiger partial charge in [0.15, 0.2) is 0 Å². The minimum absolute atomic E-state index is 0.0932. The van der Waals surface area contributed by atoms with Crippen molar-refractivity contribution in [3.8, 4) is 0 Å². The van der Waals surface area contributed by atoms with Gasteiger partial charge in [-0.15, -0.1) is 0 Å². The molecular formula is C19H16F6O. The van der Waals surface area contributed by atoms with Crippen molar-refractivity contribution in [1.82, 2.24) is 0 Å². The van der Waals surface area contributed by atoms with Gasteiger partial charge in [0.1, 0.15) is 0 Å². The van der Waals surface area contributed by atoms with Gasteiger partial charge in [-0.3, -0.25) is 0 Å². The third kappa shape index (κ3) is 5.49. The predicted molar refractivity (Wildman–Crippen MR) is 84.7 cm³/mol. The standard InChI is InChI=1S/C19H16F6O/c1-2-14(15-6-4-3-5-7-15)12-26-11-13-8-16(18(20,21)22)10-17(9-13)19(23,24)25/h3-10,12,14H,1-2,11H2. The molecule has 0 amide bonds. The van der Waals surface area contributed by atoms with Crippen LogP contribution in [0, 0.1) is 13.5 Å². The fraction of sp³-hybridized carbons (Fsp3) is 0.263. The van der Waals surface area contributed by atoms with E-state index in [1.54, 1.807) is 0 Å². The van der Waals surface area contributed by atoms with Crippen LogP contribution >= 0.6 is 0 Å². The normalized spacial score (nSPS) is 13.7. The van der Waals surface area contributed by atoms with E-state index < -0.39 is 30.1 Å². The molecule has 0 aromatic heterocycles. The van der Waals surface area contributed by atoms with E-state index in [0.717, 1.165) is 5.56 Å². The largest absolute Gasteiger partial charge is 0.416 e. The zero-order valence-electron chi connectivity index (χ0n) is 13.6. The average molecular weight is 374 g/mol. The third-order valence-corrected chi connectivity index (χ3v) is 3.70. The van der Waals surface area contributed by atoms with Crippen molar-refractivity contribution in [2.75, 3.05) is 0 Å². The molecule has 2 aromatic rings. The molecule has 2 aromatic carbocycles. The van der Waals surface area contributed by atoms with E-state index in [1.165, 1.54) is 6.61 Å². The summed E-state index contributed by atoms with van der Waals surface area (Å²) in [4.78, 5) is 0. The first-order chi connectivity index (χ1) is 12.1. The molecule has 0 spiro atoms. The quantitative estimate of drug-likeness (QED) is 0.531. The minimum Gasteiger partial charge on any atom is -0.370 e. The first-order valence-corrected chi connectivity index (χ1v) is 7.68. The number of alkyl halides is 6. The van der Waals surface area contributed by atoms with Gasteiger partial charge in [-0.1, -0.05) is 37.3 Å². The van der Waals surface area contributed by atoms with E-state index in [1.807, 2.05) is 30.3 Å². The SMILES string of the molecule is [CH2]CC([CH]OCc1cc(C(F)(F)F)cc(C(F)(F)F)c1)c1ccccc1. The summed E-state index contributed by atoms with van der Waals surface area (Å²) in [7, 11) is 0. The number of benzene rings is 2. The average Bonchev–Trinajstić information content (AvgIpc) is 2.58. The third-order valence-electron chi connectivity index (χ3n) is 3.70. The summed E-state index contributed by atoms with van der Waals surface area (Å²) in [6.45, 7) is 4.75. The molecule has 7 heteroatoms. The van der Waals surface area contributed by atoms with E-state index in [4.69, 9.17) is 4.74 Å². The first-order valence-electron chi connectivity index (χ1n) is 7.68. The molecule has 0 fully saturated rings. The Balaban J connectivity index is 2.13. The maximum atomic E-state index is 12.8. The molecule has 0 aliphatic carbocycles. The highest BCUT2D eigenvalue weighted by molar-refractivity contribution is 5.33. The van der Waals surface area contributed by atoms with Gasteiger partial charge in [-0.2, -0.15) is 26.3 Å². The van der Waals surface area contributed by atoms with Crippen LogP contribution in [-0.2, 0) is 23.7 Å². The monoisotopic (exact) mass is 374 g/mol. The Hall–Kier alpha value is -2.02. The Labute approximate surface area is 147 Å². The fourth-order valence-electron chi connectivity index (χ4n) is 2.38. The van der Waals surface area contributed by atoms with Gasteiger partial charge in [0.25, 0.3) is 0 Å². The lowest BCUT2D eigenvalue weighted by Crippen LogP contribution is -2.12. The maximum Gasteiger partial charge on any atom is 0.416 e. The molecule has 1 nitrogen and oxygen atoms in total. The zero-order valence-corrected chi connectivity index (χ0v) is 13.6. The molecule has 26 heavy (non-hydrogen) atoms. The van der Waals surface area contributed by atoms with Crippen LogP contribution in [-0.4, -0.2) is 0 Å². The molecule has 140 valence electrons. The smallest absolute Gasteiger partial charge is 0.370 e. The lowest BCUT2D eigenvalue weighted by Gasteiger charge is -2.17. The van der Waals surface area contributed by atoms with Crippen molar-refractivity contribution >= 4 is 0 Å². The Morgan fingerprint density at radius 1 is 0.885 bits per heavy atom. The molecule has 1 unspecified atom stereocenters. The second-order valence-electron chi connectivity index (χ2n) is 5.67. The van der Waals surface area contributed by atoms with Crippen molar-refractivity contribution in [2.24, 2.45) is 0 Å². The molecule has 0 bridgehead atoms. The van der Waals surface area contributed by atoms with Gasteiger partial charge < -0.3 is 4.74 Å². The fourth-order valence-corrected chi connectivity index (χ4v) is 2.38. The second kappa shape index (κ2) is 8.12. The van der Waals surface area contributed by atoms with Gasteiger partial charge in [0, 0.05) is 5.92 Å². The van der Waals surface area contributed by atoms with Gasteiger partial charge >= 0.3 is 12.4 Å². The molecule has 2 rings (SSSR count). The lowest BCUT2D eigenvalue weighted by atomic mass is 9.97. The highest BCUT2D eigenvalue weighted by atomic mass is 19.4. The van der Waals surface area contributed by atoms with Crippen LogP contribution < -0.4 is 0 Å². The number of halogens is 6. The Bertz CT molecular complexity index is 674. The van der Waals surface area contributed by atoms with Gasteiger partial charge in [-0.25, -0.2) is 0 Å². The van der Waals surface area contributed by atoms with Crippen molar-refractivity contribution in [2.45, 2.75) is 31.3 Å². The zero-order chi connectivity index (χ0) is 19.4. The predicted octanol–water partition coefficient (Wildman–Crippen LogP) is 6.41. The topological polar surface area (TPSA) is 9.23 Å². The van der Waals surface area contributed by atoms with Gasteiger partial charge in [0.05, 0.1) is 24.3 Å². The van der Waals surface area contributed by atoms with E-state index in [-0.39, 0.29) is 17.5 Å². The minimum atomic E-state index is -4.88. The summed E-state index contributed by atoms with van der Waals surface area (Å²) < 4.78 is 82.3. The summed E-state index contributed by atoms with van der Waals surface area (Å²) in [6.07, 6.45) is -9.32. The van der Waals surface area contributed by atoms with E-state index in [9.17, 15) is 26.3 Å². The molecular weight excluding hydrogens is 358 g/mol. The van der Waals surface area contributed by atoms with E-state index >= 15 is 0 Å². The Morgan fingerprint density at radius 2 is 1.42 bits per heavy atom. The maximum absolute atomic E-state index is 12.8. The van der Waals surface area contributed by atoms with Crippen molar-refractivity contribution in [1.29, 1.82) is 0 Å². The van der Waals surface area contributed by atoms with Crippen LogP contribution in [0.2, 0.25) is 0 Å². The van der Waals surface area contributed by atoms with Crippen molar-refractivity contribution in [3.63, 3.8) is 0 Å². The number of rotatable bonds is 6. The number of ether oxygens (including phenoxy) is 1. The summed E-state index contributed by atoms with van der Waals surface area (Å²) in [5.74, 6) is -0.218. The molecule has 1 atom stereocenters. The Morgan fingerprint density at radius 3 is 1.88 bits per heavy atom. The summed E-state index contributed by atoms with van der Waals surface area (Å²) in [6, 6.07) is 10.5. The molecule has 0 saturated heterocycles. The van der Waals surface area contributed by atoms with E-state index in [0.29, 0.717) is 18.6 Å². The van der Waals surface area contributed by atoms with Gasteiger partial charge in [0.2, 0.25) is 0 Å². The van der Waals surface area contributed by atoms with Crippen LogP contribution in [0.5, 0.6) is 0 Å². The van der Waals surface area contributed by atoms with E-state index in [2.05, 4.69) is 6.92 Å². The molecule has 2 radical (unpaired) electrons. The Kier molecular flexibility index (Phi) is 6.34. The van der Waals surface area contributed by atoms with Crippen LogP contribution in [0.1, 0.15) is 34.6 Å². The molecule has 0 N–H and O–H groups in total. The molecule has 0 heterocycles. The molecule has 0 aliphatic rings. The molecule has 0 saturated carbocycles. The number of hydrogen-bond donors (Lipinski definition) is 0. The summed E-state index contributed by atoms with van der Waals surface area (Å²) >= 11 is 0. The molecule has 0 aliphatic heterocycles. The second-order valence-corrected chi connectivity index (χ2v) is 5.67. The van der Waals surface area contributed by atoms with Crippen LogP contribution in [0.25, 0.3) is 0 Å². The van der Waals surface area contributed by atoms with Gasteiger partial charge in [-0.05, 0) is 35.7 Å².